The lowest BCUT2D eigenvalue weighted by Gasteiger charge is -2.25. The first-order chi connectivity index (χ1) is 25.2. The molecule has 2 unspecified atom stereocenters. The van der Waals surface area contributed by atoms with Crippen LogP contribution in [0.1, 0.15) is 97.4 Å². The molecule has 1 aliphatic rings. The Morgan fingerprint density at radius 2 is 1.42 bits per heavy atom. The number of amides is 4. The van der Waals surface area contributed by atoms with Crippen molar-refractivity contribution < 1.29 is 38.2 Å². The maximum Gasteiger partial charge on any atom is 0.338 e. The molecule has 1 fully saturated rings. The second-order valence-corrected chi connectivity index (χ2v) is 13.1. The van der Waals surface area contributed by atoms with Crippen LogP contribution in [0.2, 0.25) is 5.02 Å². The molecule has 11 nitrogen and oxygen atoms in total. The first-order valence-corrected chi connectivity index (χ1v) is 18.2. The Hall–Kier alpha value is -4.74. The molecule has 3 aromatic rings. The highest BCUT2D eigenvalue weighted by Gasteiger charge is 2.52. The van der Waals surface area contributed by atoms with E-state index in [2.05, 4.69) is 12.2 Å². The average Bonchev–Trinajstić information content (AvgIpc) is 3.38. The van der Waals surface area contributed by atoms with Crippen LogP contribution < -0.4 is 10.1 Å². The molecule has 1 heterocycles. The Balaban J connectivity index is 1.48. The first-order valence-electron chi connectivity index (χ1n) is 17.9. The van der Waals surface area contributed by atoms with E-state index in [0.29, 0.717) is 16.2 Å². The van der Waals surface area contributed by atoms with Crippen molar-refractivity contribution in [2.75, 3.05) is 26.1 Å². The molecule has 52 heavy (non-hydrogen) atoms. The van der Waals surface area contributed by atoms with Crippen molar-refractivity contribution in [3.8, 4) is 5.75 Å². The van der Waals surface area contributed by atoms with E-state index >= 15 is 0 Å². The third kappa shape index (κ3) is 10.6. The Bertz CT molecular complexity index is 1670. The molecule has 0 saturated carbocycles. The predicted octanol–water partition coefficient (Wildman–Crippen LogP) is 8.05. The third-order valence-corrected chi connectivity index (χ3v) is 9.25. The van der Waals surface area contributed by atoms with Crippen LogP contribution in [0.3, 0.4) is 0 Å². The highest BCUT2D eigenvalue weighted by atomic mass is 35.5. The van der Waals surface area contributed by atoms with Gasteiger partial charge in [0.1, 0.15) is 5.75 Å². The van der Waals surface area contributed by atoms with Crippen molar-refractivity contribution in [1.29, 1.82) is 0 Å². The van der Waals surface area contributed by atoms with Crippen molar-refractivity contribution in [3.63, 3.8) is 0 Å². The van der Waals surface area contributed by atoms with Crippen molar-refractivity contribution in [3.05, 3.63) is 94.5 Å². The molecular formula is C40H48ClN3O8. The monoisotopic (exact) mass is 733 g/mol. The van der Waals surface area contributed by atoms with E-state index in [1.807, 2.05) is 6.07 Å². The van der Waals surface area contributed by atoms with E-state index in [-0.39, 0.29) is 35.0 Å². The summed E-state index contributed by atoms with van der Waals surface area (Å²) in [6.45, 7) is 2.45. The van der Waals surface area contributed by atoms with Gasteiger partial charge in [0.2, 0.25) is 6.23 Å². The van der Waals surface area contributed by atoms with Gasteiger partial charge in [-0.25, -0.2) is 14.5 Å². The number of nitrogens with zero attached hydrogens (tertiary/aromatic N) is 2. The summed E-state index contributed by atoms with van der Waals surface area (Å²) in [5, 5.41) is 2.64. The summed E-state index contributed by atoms with van der Waals surface area (Å²) < 4.78 is 16.1. The van der Waals surface area contributed by atoms with Crippen molar-refractivity contribution >= 4 is 46.9 Å². The number of hydrogen-bond donors (Lipinski definition) is 1. The lowest BCUT2D eigenvalue weighted by molar-refractivity contribution is -0.142. The van der Waals surface area contributed by atoms with Gasteiger partial charge in [0.05, 0.1) is 36.5 Å². The number of anilines is 1. The van der Waals surface area contributed by atoms with Gasteiger partial charge in [-0.15, -0.1) is 0 Å². The second kappa shape index (κ2) is 20.3. The number of ketones is 1. The quantitative estimate of drug-likeness (QED) is 0.0383. The molecule has 1 saturated heterocycles. The number of unbranched alkanes of at least 4 members (excludes halogenated alkanes) is 9. The number of halogens is 1. The Morgan fingerprint density at radius 3 is 2.04 bits per heavy atom. The van der Waals surface area contributed by atoms with Gasteiger partial charge in [0, 0.05) is 12.7 Å². The first kappa shape index (κ1) is 40.0. The van der Waals surface area contributed by atoms with Crippen LogP contribution in [0.25, 0.3) is 0 Å². The standard InChI is InChI=1S/C40H48ClN3O8/c1-4-5-6-7-8-9-10-11-12-16-25-52-39(48)30-21-24-32(41)33(26-30)42-36(46)34(35(45)29-19-22-31(50-2)23-20-29)44-37(47)38(51-3)43(40(44)49)27-28-17-14-13-15-18-28/h13-15,17-24,26,34,38H,4-12,16,25,27H2,1-3H3,(H,42,46). The zero-order valence-electron chi connectivity index (χ0n) is 30.1. The number of hydrogen-bond acceptors (Lipinski definition) is 8. The number of Topliss-reactive ketones (excluding diaryl/α,β-unsaturated/α-hetero) is 1. The van der Waals surface area contributed by atoms with Crippen molar-refractivity contribution in [2.45, 2.75) is 89.9 Å². The van der Waals surface area contributed by atoms with Gasteiger partial charge in [-0.2, -0.15) is 0 Å². The number of carbonyl (C=O) groups is 5. The fraction of sp³-hybridized carbons (Fsp3) is 0.425. The highest BCUT2D eigenvalue weighted by molar-refractivity contribution is 6.34. The number of nitrogens with one attached hydrogen (secondary N) is 1. The van der Waals surface area contributed by atoms with Crippen LogP contribution >= 0.6 is 11.6 Å². The third-order valence-electron chi connectivity index (χ3n) is 8.92. The molecule has 1 N–H and O–H groups in total. The molecule has 0 radical (unpaired) electrons. The van der Waals surface area contributed by atoms with Gasteiger partial charge in [0.15, 0.2) is 11.8 Å². The van der Waals surface area contributed by atoms with Crippen molar-refractivity contribution in [1.82, 2.24) is 9.80 Å². The molecule has 278 valence electrons. The lowest BCUT2D eigenvalue weighted by Crippen LogP contribution is -2.52. The van der Waals surface area contributed by atoms with Crippen LogP contribution in [-0.4, -0.2) is 72.5 Å². The van der Waals surface area contributed by atoms with E-state index in [0.717, 1.165) is 30.6 Å². The van der Waals surface area contributed by atoms with Gasteiger partial charge in [-0.05, 0) is 54.4 Å². The van der Waals surface area contributed by atoms with Crippen LogP contribution in [0.15, 0.2) is 72.8 Å². The van der Waals surface area contributed by atoms with Gasteiger partial charge in [0.25, 0.3) is 11.8 Å². The largest absolute Gasteiger partial charge is 0.497 e. The zero-order chi connectivity index (χ0) is 37.5. The van der Waals surface area contributed by atoms with Crippen LogP contribution in [0.5, 0.6) is 5.75 Å². The van der Waals surface area contributed by atoms with Crippen LogP contribution in [0.4, 0.5) is 10.5 Å². The molecule has 0 bridgehead atoms. The zero-order valence-corrected chi connectivity index (χ0v) is 30.9. The molecule has 4 rings (SSSR count). The molecular weight excluding hydrogens is 686 g/mol. The number of methoxy groups -OCH3 is 2. The number of benzene rings is 3. The molecule has 0 aromatic heterocycles. The topological polar surface area (TPSA) is 132 Å². The van der Waals surface area contributed by atoms with Gasteiger partial charge >= 0.3 is 12.0 Å². The van der Waals surface area contributed by atoms with Gasteiger partial charge < -0.3 is 19.5 Å². The summed E-state index contributed by atoms with van der Waals surface area (Å²) in [6, 6.07) is 16.2. The van der Waals surface area contributed by atoms with E-state index in [4.69, 9.17) is 25.8 Å². The van der Waals surface area contributed by atoms with E-state index in [1.165, 1.54) is 95.2 Å². The SMILES string of the molecule is CCCCCCCCCCCCOC(=O)c1ccc(Cl)c(NC(=O)C(C(=O)c2ccc(OC)cc2)N2C(=O)C(OC)N(Cc3ccccc3)C2=O)c1. The normalized spacial score (nSPS) is 14.7. The maximum absolute atomic E-state index is 14.1. The minimum Gasteiger partial charge on any atom is -0.497 e. The highest BCUT2D eigenvalue weighted by Crippen LogP contribution is 2.29. The maximum atomic E-state index is 14.1. The van der Waals surface area contributed by atoms with E-state index in [9.17, 15) is 24.0 Å². The summed E-state index contributed by atoms with van der Waals surface area (Å²) in [5.74, 6) is -2.87. The predicted molar refractivity (Wildman–Crippen MR) is 198 cm³/mol. The molecule has 2 atom stereocenters. The number of rotatable bonds is 21. The fourth-order valence-electron chi connectivity index (χ4n) is 6.04. The van der Waals surface area contributed by atoms with E-state index in [1.54, 1.807) is 24.3 Å². The Labute approximate surface area is 310 Å². The number of carbonyl (C=O) groups excluding carboxylic acids is 5. The van der Waals surface area contributed by atoms with Crippen molar-refractivity contribution in [2.24, 2.45) is 0 Å². The summed E-state index contributed by atoms with van der Waals surface area (Å²) >= 11 is 6.44. The molecule has 0 spiro atoms. The van der Waals surface area contributed by atoms with Crippen LogP contribution in [-0.2, 0) is 25.6 Å². The van der Waals surface area contributed by atoms with Crippen LogP contribution in [0, 0.1) is 0 Å². The lowest BCUT2D eigenvalue weighted by atomic mass is 10.0. The number of imide groups is 1. The second-order valence-electron chi connectivity index (χ2n) is 12.7. The van der Waals surface area contributed by atoms with E-state index < -0.39 is 41.9 Å². The molecule has 12 heteroatoms. The summed E-state index contributed by atoms with van der Waals surface area (Å²) in [5.41, 5.74) is 0.883. The number of ether oxygens (including phenoxy) is 3. The summed E-state index contributed by atoms with van der Waals surface area (Å²) in [7, 11) is 2.73. The Kier molecular flexibility index (Phi) is 15.7. The minimum absolute atomic E-state index is 0.00360. The van der Waals surface area contributed by atoms with Gasteiger partial charge in [-0.1, -0.05) is 107 Å². The molecule has 4 amide bonds. The minimum atomic E-state index is -1.95. The smallest absolute Gasteiger partial charge is 0.338 e. The fourth-order valence-corrected chi connectivity index (χ4v) is 6.20. The number of urea groups is 1. The summed E-state index contributed by atoms with van der Waals surface area (Å²) in [4.78, 5) is 70.4. The molecule has 0 aliphatic carbocycles. The average molecular weight is 734 g/mol. The molecule has 3 aromatic carbocycles. The molecule has 1 aliphatic heterocycles. The van der Waals surface area contributed by atoms with Gasteiger partial charge in [-0.3, -0.25) is 19.3 Å². The summed E-state index contributed by atoms with van der Waals surface area (Å²) in [6.07, 6.45) is 10.1. The number of esters is 1. The Morgan fingerprint density at radius 1 is 0.808 bits per heavy atom.